The van der Waals surface area contributed by atoms with Gasteiger partial charge < -0.3 is 23.8 Å². The second-order valence-electron chi connectivity index (χ2n) is 7.40. The molecule has 0 spiro atoms. The van der Waals surface area contributed by atoms with Crippen molar-refractivity contribution in [3.05, 3.63) is 47.5 Å². The minimum Gasteiger partial charge on any atom is -0.486 e. The fraction of sp³-hybridized carbons (Fsp3) is 0.409. The van der Waals surface area contributed by atoms with Crippen molar-refractivity contribution < 1.29 is 23.7 Å². The van der Waals surface area contributed by atoms with E-state index in [1.165, 1.54) is 5.56 Å². The number of halogens is 1. The van der Waals surface area contributed by atoms with Gasteiger partial charge in [0.05, 0.1) is 0 Å². The first-order valence-corrected chi connectivity index (χ1v) is 10.1. The summed E-state index contributed by atoms with van der Waals surface area (Å²) in [7, 11) is 0. The second kappa shape index (κ2) is 9.02. The molecule has 8 heteroatoms. The van der Waals surface area contributed by atoms with Crippen molar-refractivity contribution in [1.82, 2.24) is 9.80 Å². The Kier molecular flexibility index (Phi) is 6.20. The van der Waals surface area contributed by atoms with Gasteiger partial charge in [0.15, 0.2) is 23.0 Å². The molecular formula is C22H25ClN2O5. The molecule has 0 bridgehead atoms. The lowest BCUT2D eigenvalue weighted by atomic mass is 10.1. The first-order chi connectivity index (χ1) is 14.3. The second-order valence-corrected chi connectivity index (χ2v) is 7.40. The highest BCUT2D eigenvalue weighted by Crippen LogP contribution is 2.32. The van der Waals surface area contributed by atoms with Crippen LogP contribution < -0.4 is 18.9 Å². The lowest BCUT2D eigenvalue weighted by Crippen LogP contribution is -2.48. The number of benzene rings is 2. The van der Waals surface area contributed by atoms with Crippen LogP contribution in [0.5, 0.6) is 23.0 Å². The Balaban J connectivity index is 0.00000218. The summed E-state index contributed by atoms with van der Waals surface area (Å²) in [6, 6.07) is 11.5. The van der Waals surface area contributed by atoms with Crippen LogP contribution >= 0.6 is 12.4 Å². The molecule has 2 aromatic rings. The summed E-state index contributed by atoms with van der Waals surface area (Å²) in [5.41, 5.74) is 1.84. The zero-order valence-corrected chi connectivity index (χ0v) is 17.5. The molecule has 1 amide bonds. The van der Waals surface area contributed by atoms with Crippen molar-refractivity contribution in [3.8, 4) is 23.0 Å². The highest BCUT2D eigenvalue weighted by Gasteiger charge is 2.24. The summed E-state index contributed by atoms with van der Waals surface area (Å²) in [6.07, 6.45) is 0. The van der Waals surface area contributed by atoms with Gasteiger partial charge in [-0.2, -0.15) is 0 Å². The third-order valence-corrected chi connectivity index (χ3v) is 5.46. The standard InChI is InChI=1S/C22H24N2O5.ClH/c25-22(17-2-4-19-21(14-17)29-12-10-27-19)24-7-5-23(6-8-24)15-16-1-3-18-20(13-16)28-11-9-26-18;/h1-4,13-14H,5-12,15H2;1H. The van der Waals surface area contributed by atoms with E-state index in [9.17, 15) is 4.79 Å². The van der Waals surface area contributed by atoms with Gasteiger partial charge >= 0.3 is 0 Å². The summed E-state index contributed by atoms with van der Waals surface area (Å²) in [6.45, 7) is 6.19. The molecule has 3 aliphatic rings. The molecule has 1 saturated heterocycles. The molecule has 3 aliphatic heterocycles. The lowest BCUT2D eigenvalue weighted by molar-refractivity contribution is 0.0627. The quantitative estimate of drug-likeness (QED) is 0.743. The van der Waals surface area contributed by atoms with E-state index in [1.807, 2.05) is 23.1 Å². The monoisotopic (exact) mass is 432 g/mol. The lowest BCUT2D eigenvalue weighted by Gasteiger charge is -2.35. The van der Waals surface area contributed by atoms with Crippen molar-refractivity contribution in [2.24, 2.45) is 0 Å². The molecule has 1 fully saturated rings. The molecule has 0 saturated carbocycles. The van der Waals surface area contributed by atoms with Gasteiger partial charge in [-0.3, -0.25) is 9.69 Å². The minimum atomic E-state index is 0. The predicted octanol–water partition coefficient (Wildman–Crippen LogP) is 2.61. The Morgan fingerprint density at radius 2 is 1.30 bits per heavy atom. The number of carbonyl (C=O) groups is 1. The smallest absolute Gasteiger partial charge is 0.254 e. The fourth-order valence-corrected chi connectivity index (χ4v) is 3.91. The third kappa shape index (κ3) is 4.27. The molecule has 5 rings (SSSR count). The maximum absolute atomic E-state index is 12.9. The van der Waals surface area contributed by atoms with Crippen LogP contribution in [-0.4, -0.2) is 68.3 Å². The maximum atomic E-state index is 12.9. The van der Waals surface area contributed by atoms with Crippen molar-refractivity contribution in [1.29, 1.82) is 0 Å². The first kappa shape index (κ1) is 20.6. The zero-order chi connectivity index (χ0) is 19.6. The Bertz CT molecular complexity index is 914. The summed E-state index contributed by atoms with van der Waals surface area (Å²) >= 11 is 0. The maximum Gasteiger partial charge on any atom is 0.254 e. The third-order valence-electron chi connectivity index (χ3n) is 5.46. The summed E-state index contributed by atoms with van der Waals surface area (Å²) in [5.74, 6) is 3.04. The average Bonchev–Trinajstić information content (AvgIpc) is 2.79. The van der Waals surface area contributed by atoms with Crippen molar-refractivity contribution in [2.45, 2.75) is 6.54 Å². The number of amides is 1. The van der Waals surface area contributed by atoms with Gasteiger partial charge in [-0.15, -0.1) is 12.4 Å². The van der Waals surface area contributed by atoms with Gasteiger partial charge in [-0.25, -0.2) is 0 Å². The number of nitrogens with zero attached hydrogens (tertiary/aromatic N) is 2. The van der Waals surface area contributed by atoms with E-state index in [0.717, 1.165) is 31.1 Å². The predicted molar refractivity (Wildman–Crippen MR) is 113 cm³/mol. The molecule has 0 N–H and O–H groups in total. The number of hydrogen-bond donors (Lipinski definition) is 0. The molecule has 0 unspecified atom stereocenters. The molecule has 30 heavy (non-hydrogen) atoms. The number of fused-ring (bicyclic) bond motifs is 2. The Morgan fingerprint density at radius 3 is 1.97 bits per heavy atom. The molecule has 0 atom stereocenters. The number of piperazine rings is 1. The van der Waals surface area contributed by atoms with Crippen LogP contribution in [0, 0.1) is 0 Å². The van der Waals surface area contributed by atoms with E-state index in [2.05, 4.69) is 17.0 Å². The van der Waals surface area contributed by atoms with Crippen LogP contribution in [0.4, 0.5) is 0 Å². The fourth-order valence-electron chi connectivity index (χ4n) is 3.91. The molecule has 2 aromatic carbocycles. The number of hydrogen-bond acceptors (Lipinski definition) is 6. The van der Waals surface area contributed by atoms with Crippen LogP contribution in [0.25, 0.3) is 0 Å². The molecule has 7 nitrogen and oxygen atoms in total. The van der Waals surface area contributed by atoms with Gasteiger partial charge in [0.25, 0.3) is 5.91 Å². The number of rotatable bonds is 3. The van der Waals surface area contributed by atoms with Crippen LogP contribution in [0.15, 0.2) is 36.4 Å². The van der Waals surface area contributed by atoms with E-state index in [0.29, 0.717) is 56.6 Å². The van der Waals surface area contributed by atoms with E-state index >= 15 is 0 Å². The van der Waals surface area contributed by atoms with Crippen LogP contribution in [-0.2, 0) is 6.54 Å². The number of carbonyl (C=O) groups excluding carboxylic acids is 1. The molecule has 0 radical (unpaired) electrons. The summed E-state index contributed by atoms with van der Waals surface area (Å²) in [5, 5.41) is 0. The Morgan fingerprint density at radius 1 is 0.733 bits per heavy atom. The van der Waals surface area contributed by atoms with E-state index in [1.54, 1.807) is 6.07 Å². The normalized spacial score (nSPS) is 17.8. The van der Waals surface area contributed by atoms with Gasteiger partial charge in [-0.05, 0) is 35.9 Å². The highest BCUT2D eigenvalue weighted by molar-refractivity contribution is 5.95. The Labute approximate surface area is 181 Å². The van der Waals surface area contributed by atoms with Crippen molar-refractivity contribution in [3.63, 3.8) is 0 Å². The molecule has 3 heterocycles. The van der Waals surface area contributed by atoms with Gasteiger partial charge in [0.1, 0.15) is 26.4 Å². The topological polar surface area (TPSA) is 60.5 Å². The largest absolute Gasteiger partial charge is 0.486 e. The summed E-state index contributed by atoms with van der Waals surface area (Å²) in [4.78, 5) is 17.2. The average molecular weight is 433 g/mol. The number of ether oxygens (including phenoxy) is 4. The van der Waals surface area contributed by atoms with E-state index in [4.69, 9.17) is 18.9 Å². The van der Waals surface area contributed by atoms with Crippen LogP contribution in [0.2, 0.25) is 0 Å². The van der Waals surface area contributed by atoms with Gasteiger partial charge in [0, 0.05) is 38.3 Å². The molecular weight excluding hydrogens is 408 g/mol. The first-order valence-electron chi connectivity index (χ1n) is 10.1. The minimum absolute atomic E-state index is 0. The van der Waals surface area contributed by atoms with Crippen molar-refractivity contribution in [2.75, 3.05) is 52.6 Å². The molecule has 0 aromatic heterocycles. The molecule has 160 valence electrons. The van der Waals surface area contributed by atoms with Crippen molar-refractivity contribution >= 4 is 18.3 Å². The summed E-state index contributed by atoms with van der Waals surface area (Å²) < 4.78 is 22.4. The zero-order valence-electron chi connectivity index (χ0n) is 16.7. The highest BCUT2D eigenvalue weighted by atomic mass is 35.5. The van der Waals surface area contributed by atoms with Gasteiger partial charge in [-0.1, -0.05) is 6.07 Å². The van der Waals surface area contributed by atoms with Crippen LogP contribution in [0.1, 0.15) is 15.9 Å². The van der Waals surface area contributed by atoms with E-state index in [-0.39, 0.29) is 18.3 Å². The van der Waals surface area contributed by atoms with Crippen LogP contribution in [0.3, 0.4) is 0 Å². The Hall–Kier alpha value is -2.64. The van der Waals surface area contributed by atoms with E-state index < -0.39 is 0 Å². The SMILES string of the molecule is Cl.O=C(c1ccc2c(c1)OCCO2)N1CCN(Cc2ccc3c(c2)OCCO3)CC1. The molecule has 0 aliphatic carbocycles. The van der Waals surface area contributed by atoms with Gasteiger partial charge in [0.2, 0.25) is 0 Å².